The number of H-pyrrole nitrogens is 1. The van der Waals surface area contributed by atoms with Crippen molar-refractivity contribution >= 4 is 28.6 Å². The number of nitrogens with zero attached hydrogens (tertiary/aromatic N) is 2. The largest absolute Gasteiger partial charge is 0.435 e. The topological polar surface area (TPSA) is 96.6 Å². The first kappa shape index (κ1) is 19.9. The summed E-state index contributed by atoms with van der Waals surface area (Å²) in [6.07, 6.45) is 6.33. The summed E-state index contributed by atoms with van der Waals surface area (Å²) in [5, 5.41) is 4.24. The Bertz CT molecular complexity index is 861. The van der Waals surface area contributed by atoms with Crippen LogP contribution in [0.2, 0.25) is 0 Å². The van der Waals surface area contributed by atoms with E-state index in [2.05, 4.69) is 21.9 Å². The summed E-state index contributed by atoms with van der Waals surface area (Å²) >= 11 is 0. The number of fused-ring (bicyclic) bond motifs is 1. The molecule has 1 fully saturated rings. The number of esters is 1. The van der Waals surface area contributed by atoms with Gasteiger partial charge in [-0.3, -0.25) is 4.79 Å². The molecule has 0 spiro atoms. The quantitative estimate of drug-likeness (QED) is 0.431. The van der Waals surface area contributed by atoms with Crippen molar-refractivity contribution in [1.29, 1.82) is 0 Å². The molecule has 1 aliphatic heterocycles. The zero-order valence-corrected chi connectivity index (χ0v) is 16.2. The molecule has 3 rings (SSSR count). The van der Waals surface area contributed by atoms with E-state index in [9.17, 15) is 9.59 Å². The number of anilines is 1. The Labute approximate surface area is 163 Å². The number of ether oxygens (including phenoxy) is 2. The predicted molar refractivity (Wildman–Crippen MR) is 106 cm³/mol. The first-order valence-electron chi connectivity index (χ1n) is 9.42. The molecule has 0 aromatic carbocycles. The average Bonchev–Trinajstić information content (AvgIpc) is 3.16. The van der Waals surface area contributed by atoms with Gasteiger partial charge in [0.1, 0.15) is 11.2 Å². The molecule has 28 heavy (non-hydrogen) atoms. The number of amides is 1. The van der Waals surface area contributed by atoms with Crippen molar-refractivity contribution in [2.75, 3.05) is 25.2 Å². The Morgan fingerprint density at radius 2 is 2.32 bits per heavy atom. The van der Waals surface area contributed by atoms with E-state index in [4.69, 9.17) is 9.47 Å². The van der Waals surface area contributed by atoms with Crippen LogP contribution in [0.1, 0.15) is 37.0 Å². The molecule has 8 nitrogen and oxygen atoms in total. The number of hydrogen-bond acceptors (Lipinski definition) is 6. The van der Waals surface area contributed by atoms with Crippen LogP contribution in [0, 0.1) is 0 Å². The lowest BCUT2D eigenvalue weighted by Crippen LogP contribution is -2.44. The highest BCUT2D eigenvalue weighted by Crippen LogP contribution is 2.28. The van der Waals surface area contributed by atoms with Gasteiger partial charge in [-0.15, -0.1) is 0 Å². The number of carbonyl (C=O) groups is 2. The molecule has 2 N–H and O–H groups in total. The fraction of sp³-hybridized carbons (Fsp3) is 0.450. The maximum Gasteiger partial charge on any atom is 0.343 e. The summed E-state index contributed by atoms with van der Waals surface area (Å²) < 4.78 is 10.5. The molecule has 0 unspecified atom stereocenters. The molecule has 0 saturated carbocycles. The number of pyridine rings is 1. The molecule has 0 bridgehead atoms. The van der Waals surface area contributed by atoms with E-state index in [-0.39, 0.29) is 24.8 Å². The summed E-state index contributed by atoms with van der Waals surface area (Å²) in [4.78, 5) is 33.7. The van der Waals surface area contributed by atoms with E-state index < -0.39 is 5.97 Å². The van der Waals surface area contributed by atoms with E-state index in [1.165, 1.54) is 12.3 Å². The lowest BCUT2D eigenvalue weighted by Gasteiger charge is -2.33. The second-order valence-corrected chi connectivity index (χ2v) is 7.02. The third-order valence-corrected chi connectivity index (χ3v) is 4.65. The molecule has 1 amide bonds. The van der Waals surface area contributed by atoms with E-state index in [0.717, 1.165) is 18.2 Å². The molecule has 0 radical (unpaired) electrons. The highest BCUT2D eigenvalue weighted by atomic mass is 16.7. The molecule has 2 aromatic rings. The second kappa shape index (κ2) is 8.88. The normalized spacial score (nSPS) is 17.0. The van der Waals surface area contributed by atoms with Crippen LogP contribution in [0.3, 0.4) is 0 Å². The van der Waals surface area contributed by atoms with Crippen LogP contribution in [0.25, 0.3) is 11.0 Å². The van der Waals surface area contributed by atoms with Crippen LogP contribution in [0.15, 0.2) is 31.1 Å². The average molecular weight is 386 g/mol. The monoisotopic (exact) mass is 386 g/mol. The molecule has 0 aliphatic carbocycles. The molecule has 3 heterocycles. The van der Waals surface area contributed by atoms with Gasteiger partial charge in [0.2, 0.25) is 5.91 Å². The Balaban J connectivity index is 1.82. The van der Waals surface area contributed by atoms with Crippen molar-refractivity contribution in [2.24, 2.45) is 0 Å². The van der Waals surface area contributed by atoms with Gasteiger partial charge in [-0.2, -0.15) is 0 Å². The van der Waals surface area contributed by atoms with Crippen molar-refractivity contribution in [3.05, 3.63) is 36.7 Å². The van der Waals surface area contributed by atoms with Crippen LogP contribution < -0.4 is 5.32 Å². The molecule has 2 aromatic heterocycles. The standard InChI is InChI=1S/C20H26N4O4/c1-4-17(25)24-9-5-6-14(11-24)23-18-15-7-8-21-19(15)22-10-16(18)20(26)28-12-27-13(2)3/h4,7-8,10,13-14H,1,5-6,9,11-12H2,2-3H3,(H2,21,22,23)/t14-/m0/s1. The Morgan fingerprint density at radius 1 is 1.50 bits per heavy atom. The Kier molecular flexibility index (Phi) is 6.30. The minimum absolute atomic E-state index is 0.0108. The van der Waals surface area contributed by atoms with Crippen molar-refractivity contribution in [3.63, 3.8) is 0 Å². The fourth-order valence-electron chi connectivity index (χ4n) is 3.25. The number of aromatic amines is 1. The SMILES string of the molecule is C=CC(=O)N1CCC[C@H](Nc2c(C(=O)OCOC(C)C)cnc3[nH]ccc23)C1. The number of likely N-dealkylation sites (tertiary alicyclic amines) is 1. The van der Waals surface area contributed by atoms with Crippen molar-refractivity contribution in [2.45, 2.75) is 38.8 Å². The minimum atomic E-state index is -0.506. The van der Waals surface area contributed by atoms with Crippen molar-refractivity contribution in [1.82, 2.24) is 14.9 Å². The smallest absolute Gasteiger partial charge is 0.343 e. The zero-order valence-electron chi connectivity index (χ0n) is 16.2. The number of nitrogens with one attached hydrogen (secondary N) is 2. The van der Waals surface area contributed by atoms with Gasteiger partial charge >= 0.3 is 5.97 Å². The zero-order chi connectivity index (χ0) is 20.1. The van der Waals surface area contributed by atoms with Crippen LogP contribution in [0.5, 0.6) is 0 Å². The van der Waals surface area contributed by atoms with Crippen molar-refractivity contribution in [3.8, 4) is 0 Å². The Morgan fingerprint density at radius 3 is 3.07 bits per heavy atom. The summed E-state index contributed by atoms with van der Waals surface area (Å²) in [6.45, 7) is 8.43. The fourth-order valence-corrected chi connectivity index (χ4v) is 3.25. The van der Waals surface area contributed by atoms with Gasteiger partial charge in [0.15, 0.2) is 6.79 Å². The third-order valence-electron chi connectivity index (χ3n) is 4.65. The van der Waals surface area contributed by atoms with Crippen LogP contribution in [-0.4, -0.2) is 58.8 Å². The minimum Gasteiger partial charge on any atom is -0.435 e. The highest BCUT2D eigenvalue weighted by molar-refractivity contribution is 6.04. The Hall–Kier alpha value is -2.87. The first-order chi connectivity index (χ1) is 13.5. The summed E-state index contributed by atoms with van der Waals surface area (Å²) in [7, 11) is 0. The molecular weight excluding hydrogens is 360 g/mol. The van der Waals surface area contributed by atoms with E-state index >= 15 is 0 Å². The molecule has 8 heteroatoms. The van der Waals surface area contributed by atoms with Gasteiger partial charge in [-0.05, 0) is 38.8 Å². The predicted octanol–water partition coefficient (Wildman–Crippen LogP) is 2.69. The number of piperidine rings is 1. The molecule has 150 valence electrons. The van der Waals surface area contributed by atoms with Crippen LogP contribution in [0.4, 0.5) is 5.69 Å². The maximum atomic E-state index is 12.6. The van der Waals surface area contributed by atoms with Crippen LogP contribution in [-0.2, 0) is 14.3 Å². The number of rotatable bonds is 7. The van der Waals surface area contributed by atoms with E-state index in [1.807, 2.05) is 19.9 Å². The van der Waals surface area contributed by atoms with E-state index in [0.29, 0.717) is 30.0 Å². The lowest BCUT2D eigenvalue weighted by molar-refractivity contribution is -0.127. The first-order valence-corrected chi connectivity index (χ1v) is 9.42. The molecule has 1 atom stereocenters. The van der Waals surface area contributed by atoms with E-state index in [1.54, 1.807) is 11.1 Å². The van der Waals surface area contributed by atoms with Gasteiger partial charge in [-0.25, -0.2) is 9.78 Å². The number of carbonyl (C=O) groups excluding carboxylic acids is 2. The van der Waals surface area contributed by atoms with Crippen LogP contribution >= 0.6 is 0 Å². The maximum absolute atomic E-state index is 12.6. The van der Waals surface area contributed by atoms with Gasteiger partial charge in [-0.1, -0.05) is 6.58 Å². The lowest BCUT2D eigenvalue weighted by atomic mass is 10.0. The van der Waals surface area contributed by atoms with Gasteiger partial charge in [0.25, 0.3) is 0 Å². The van der Waals surface area contributed by atoms with Gasteiger partial charge < -0.3 is 24.7 Å². The molecule has 1 aliphatic rings. The summed E-state index contributed by atoms with van der Waals surface area (Å²) in [5.41, 5.74) is 1.66. The number of hydrogen-bond donors (Lipinski definition) is 2. The highest BCUT2D eigenvalue weighted by Gasteiger charge is 2.25. The van der Waals surface area contributed by atoms with Crippen molar-refractivity contribution < 1.29 is 19.1 Å². The summed E-state index contributed by atoms with van der Waals surface area (Å²) in [6, 6.07) is 1.87. The van der Waals surface area contributed by atoms with Gasteiger partial charge in [0, 0.05) is 36.9 Å². The third kappa shape index (κ3) is 4.51. The molecular formula is C20H26N4O4. The number of aromatic nitrogens is 2. The van der Waals surface area contributed by atoms with Gasteiger partial charge in [0.05, 0.1) is 11.8 Å². The summed E-state index contributed by atoms with van der Waals surface area (Å²) in [5.74, 6) is -0.591. The molecule has 1 saturated heterocycles. The second-order valence-electron chi connectivity index (χ2n) is 7.02.